The molecule has 17 nitrogen and oxygen atoms in total. The maximum absolute atomic E-state index is 13.1. The number of rotatable bonds is 72. The predicted molar refractivity (Wildman–Crippen MR) is 372 cm³/mol. The summed E-state index contributed by atoms with van der Waals surface area (Å²) in [5.41, 5.74) is 0. The minimum absolute atomic E-state index is 0.103. The lowest BCUT2D eigenvalue weighted by Gasteiger charge is -2.21. The fourth-order valence-corrected chi connectivity index (χ4v) is 12.7. The Morgan fingerprint density at radius 2 is 0.500 bits per heavy atom. The van der Waals surface area contributed by atoms with Crippen LogP contribution in [0.15, 0.2) is 0 Å². The monoisotopic (exact) mass is 1350 g/mol. The lowest BCUT2D eigenvalue weighted by Crippen LogP contribution is -2.30. The van der Waals surface area contributed by atoms with E-state index in [0.29, 0.717) is 31.6 Å². The molecule has 0 aromatic rings. The molecule has 0 saturated carbocycles. The van der Waals surface area contributed by atoms with Crippen molar-refractivity contribution in [2.75, 3.05) is 39.6 Å². The van der Waals surface area contributed by atoms with Crippen molar-refractivity contribution in [1.29, 1.82) is 0 Å². The Hall–Kier alpha value is -1.94. The van der Waals surface area contributed by atoms with Crippen molar-refractivity contribution in [2.24, 2.45) is 11.8 Å². The number of aliphatic hydroxyl groups is 1. The molecule has 0 aromatic heterocycles. The van der Waals surface area contributed by atoms with Crippen molar-refractivity contribution in [3.8, 4) is 0 Å². The van der Waals surface area contributed by atoms with Gasteiger partial charge in [-0.1, -0.05) is 324 Å². The van der Waals surface area contributed by atoms with E-state index in [1.54, 1.807) is 0 Å². The highest BCUT2D eigenvalue weighted by Crippen LogP contribution is 2.45. The summed E-state index contributed by atoms with van der Waals surface area (Å²) in [5.74, 6) is -0.659. The fourth-order valence-electron chi connectivity index (χ4n) is 11.1. The van der Waals surface area contributed by atoms with Crippen molar-refractivity contribution >= 4 is 39.5 Å². The number of ether oxygens (including phenoxy) is 4. The van der Waals surface area contributed by atoms with Gasteiger partial charge >= 0.3 is 39.5 Å². The van der Waals surface area contributed by atoms with Gasteiger partial charge in [0.1, 0.15) is 19.3 Å². The molecule has 92 heavy (non-hydrogen) atoms. The normalized spacial score (nSPS) is 14.1. The van der Waals surface area contributed by atoms with Crippen LogP contribution in [0.25, 0.3) is 0 Å². The van der Waals surface area contributed by atoms with Crippen molar-refractivity contribution in [3.63, 3.8) is 0 Å². The van der Waals surface area contributed by atoms with E-state index in [4.69, 9.17) is 37.0 Å². The molecular weight excluding hydrogens is 1210 g/mol. The topological polar surface area (TPSA) is 237 Å². The summed E-state index contributed by atoms with van der Waals surface area (Å²) in [6.07, 6.45) is 51.6. The molecule has 0 aliphatic rings. The molecule has 0 aromatic carbocycles. The first-order chi connectivity index (χ1) is 44.4. The Bertz CT molecular complexity index is 1790. The van der Waals surface area contributed by atoms with Gasteiger partial charge in [0, 0.05) is 25.7 Å². The molecule has 0 saturated heterocycles. The molecule has 546 valence electrons. The SMILES string of the molecule is CCCCCCCCCCCCCCCCCCCCCCC(=O)O[C@H](COC(=O)CCCCCCCCCCCCCC(C)C)COP(=O)(O)OC[C@@H](O)COP(=O)(O)OC[C@@H](COC(=O)CCCCCCCCCC)OC(=O)CCCCCCCCCC(C)C. The fraction of sp³-hybridized carbons (Fsp3) is 0.945. The number of hydrogen-bond donors (Lipinski definition) is 3. The molecule has 0 radical (unpaired) electrons. The summed E-state index contributed by atoms with van der Waals surface area (Å²) in [4.78, 5) is 72.5. The van der Waals surface area contributed by atoms with E-state index in [0.717, 1.165) is 102 Å². The maximum atomic E-state index is 13.1. The highest BCUT2D eigenvalue weighted by Gasteiger charge is 2.30. The van der Waals surface area contributed by atoms with Gasteiger partial charge in [-0.25, -0.2) is 9.13 Å². The van der Waals surface area contributed by atoms with E-state index < -0.39 is 97.5 Å². The van der Waals surface area contributed by atoms with Gasteiger partial charge in [0.2, 0.25) is 0 Å². The highest BCUT2D eigenvalue weighted by atomic mass is 31.2. The Kier molecular flexibility index (Phi) is 63.7. The lowest BCUT2D eigenvalue weighted by molar-refractivity contribution is -0.161. The molecule has 19 heteroatoms. The van der Waals surface area contributed by atoms with Gasteiger partial charge in [0.05, 0.1) is 26.4 Å². The average Bonchev–Trinajstić information content (AvgIpc) is 1.46. The lowest BCUT2D eigenvalue weighted by atomic mass is 10.0. The van der Waals surface area contributed by atoms with Gasteiger partial charge in [-0.05, 0) is 37.5 Å². The molecule has 0 rings (SSSR count). The minimum Gasteiger partial charge on any atom is -0.462 e. The number of phosphoric ester groups is 2. The van der Waals surface area contributed by atoms with E-state index in [9.17, 15) is 43.2 Å². The van der Waals surface area contributed by atoms with Crippen LogP contribution >= 0.6 is 15.6 Å². The second kappa shape index (κ2) is 65.0. The number of unbranched alkanes of at least 4 members (excludes halogenated alkanes) is 42. The summed E-state index contributed by atoms with van der Waals surface area (Å²) in [5, 5.41) is 10.6. The molecule has 0 spiro atoms. The minimum atomic E-state index is -4.95. The summed E-state index contributed by atoms with van der Waals surface area (Å²) in [6.45, 7) is 9.48. The smallest absolute Gasteiger partial charge is 0.462 e. The Balaban J connectivity index is 5.18. The molecule has 0 amide bonds. The number of phosphoric acid groups is 2. The third kappa shape index (κ3) is 66.7. The van der Waals surface area contributed by atoms with Gasteiger partial charge in [0.15, 0.2) is 12.2 Å². The van der Waals surface area contributed by atoms with E-state index in [2.05, 4.69) is 41.5 Å². The zero-order valence-electron chi connectivity index (χ0n) is 59.9. The van der Waals surface area contributed by atoms with Crippen LogP contribution in [-0.2, 0) is 65.4 Å². The highest BCUT2D eigenvalue weighted by molar-refractivity contribution is 7.47. The molecule has 5 atom stereocenters. The first kappa shape index (κ1) is 90.1. The third-order valence-corrected chi connectivity index (χ3v) is 18.9. The molecule has 0 aliphatic carbocycles. The molecule has 2 unspecified atom stereocenters. The largest absolute Gasteiger partial charge is 0.472 e. The van der Waals surface area contributed by atoms with Crippen LogP contribution in [0.5, 0.6) is 0 Å². The van der Waals surface area contributed by atoms with Crippen molar-refractivity contribution in [1.82, 2.24) is 0 Å². The molecule has 0 aliphatic heterocycles. The number of aliphatic hydroxyl groups excluding tert-OH is 1. The molecule has 3 N–H and O–H groups in total. The summed E-state index contributed by atoms with van der Waals surface area (Å²) in [7, 11) is -9.90. The van der Waals surface area contributed by atoms with Gasteiger partial charge in [0.25, 0.3) is 0 Å². The third-order valence-electron chi connectivity index (χ3n) is 17.0. The Morgan fingerprint density at radius 1 is 0.293 bits per heavy atom. The van der Waals surface area contributed by atoms with Crippen LogP contribution in [0, 0.1) is 11.8 Å². The molecule has 0 fully saturated rings. The quantitative estimate of drug-likeness (QED) is 0.0222. The van der Waals surface area contributed by atoms with Crippen LogP contribution in [-0.4, -0.2) is 96.7 Å². The number of hydrogen-bond acceptors (Lipinski definition) is 15. The van der Waals surface area contributed by atoms with Gasteiger partial charge < -0.3 is 33.8 Å². The van der Waals surface area contributed by atoms with E-state index in [1.165, 1.54) is 186 Å². The van der Waals surface area contributed by atoms with E-state index in [1.807, 2.05) is 0 Å². The van der Waals surface area contributed by atoms with Crippen molar-refractivity contribution < 1.29 is 80.2 Å². The zero-order chi connectivity index (χ0) is 67.9. The zero-order valence-corrected chi connectivity index (χ0v) is 61.6. The van der Waals surface area contributed by atoms with Crippen molar-refractivity contribution in [3.05, 3.63) is 0 Å². The van der Waals surface area contributed by atoms with Crippen LogP contribution in [0.4, 0.5) is 0 Å². The van der Waals surface area contributed by atoms with E-state index >= 15 is 0 Å². The summed E-state index contributed by atoms with van der Waals surface area (Å²) in [6, 6.07) is 0. The summed E-state index contributed by atoms with van der Waals surface area (Å²) < 4.78 is 68.3. The second-order valence-electron chi connectivity index (χ2n) is 27.3. The first-order valence-corrected chi connectivity index (χ1v) is 41.0. The average molecular weight is 1350 g/mol. The second-order valence-corrected chi connectivity index (χ2v) is 30.2. The summed E-state index contributed by atoms with van der Waals surface area (Å²) >= 11 is 0. The molecular formula is C73H142O17P2. The number of carbonyl (C=O) groups is 4. The van der Waals surface area contributed by atoms with Crippen molar-refractivity contribution in [2.45, 2.75) is 394 Å². The van der Waals surface area contributed by atoms with Gasteiger partial charge in [-0.2, -0.15) is 0 Å². The first-order valence-electron chi connectivity index (χ1n) is 38.0. The molecule has 0 bridgehead atoms. The number of carbonyl (C=O) groups excluding carboxylic acids is 4. The van der Waals surface area contributed by atoms with Crippen LogP contribution in [0.3, 0.4) is 0 Å². The maximum Gasteiger partial charge on any atom is 0.472 e. The van der Waals surface area contributed by atoms with Gasteiger partial charge in [-0.15, -0.1) is 0 Å². The van der Waals surface area contributed by atoms with E-state index in [-0.39, 0.29) is 25.7 Å². The Labute approximate surface area is 562 Å². The van der Waals surface area contributed by atoms with Gasteiger partial charge in [-0.3, -0.25) is 37.3 Å². The number of esters is 4. The predicted octanol–water partition coefficient (Wildman–Crippen LogP) is 21.2. The van der Waals surface area contributed by atoms with Crippen LogP contribution in [0.2, 0.25) is 0 Å². The standard InChI is InChI=1S/C73H142O17P2/c1-7-9-11-13-15-17-18-19-20-21-22-23-24-25-26-29-33-39-45-51-57-72(77)89-68(62-84-71(76)56-50-44-38-32-30-27-28-31-35-41-47-53-65(3)4)63-87-91(79,80)85-59-67(74)60-86-92(81,82)88-64-69(61-83-70(75)55-49-43-37-16-14-12-10-8-2)90-73(78)58-52-46-40-34-36-42-48-54-66(5)6/h65-69,74H,7-64H2,1-6H3,(H,79,80)(H,81,82)/t67-,68-,69-/m1/s1. The molecule has 0 heterocycles. The Morgan fingerprint density at radius 3 is 0.739 bits per heavy atom. The van der Waals surface area contributed by atoms with Crippen LogP contribution < -0.4 is 0 Å². The van der Waals surface area contributed by atoms with Crippen LogP contribution in [0.1, 0.15) is 375 Å².